The zero-order valence-electron chi connectivity index (χ0n) is 8.27. The molecule has 2 N–H and O–H groups in total. The van der Waals surface area contributed by atoms with Gasteiger partial charge >= 0.3 is 0 Å². The van der Waals surface area contributed by atoms with E-state index in [1.807, 2.05) is 0 Å². The molecule has 0 aromatic carbocycles. The Kier molecular flexibility index (Phi) is 3.16. The second kappa shape index (κ2) is 4.76. The lowest BCUT2D eigenvalue weighted by molar-refractivity contribution is 0.0945. The molecular weight excluding hydrogens is 228 g/mol. The Morgan fingerprint density at radius 3 is 2.94 bits per heavy atom. The zero-order valence-corrected chi connectivity index (χ0v) is 9.03. The van der Waals surface area contributed by atoms with E-state index >= 15 is 0 Å². The van der Waals surface area contributed by atoms with Gasteiger partial charge in [-0.25, -0.2) is 4.98 Å². The van der Waals surface area contributed by atoms with E-state index in [0.717, 1.165) is 5.69 Å². The van der Waals surface area contributed by atoms with Crippen molar-refractivity contribution in [3.63, 3.8) is 0 Å². The number of H-pyrrole nitrogens is 1. The Bertz CT molecular complexity index is 466. The first-order valence-electron chi connectivity index (χ1n) is 4.64. The Balaban J connectivity index is 1.95. The lowest BCUT2D eigenvalue weighted by Crippen LogP contribution is -2.23. The summed E-state index contributed by atoms with van der Waals surface area (Å²) >= 11 is 5.67. The summed E-state index contributed by atoms with van der Waals surface area (Å²) < 4.78 is 0. The van der Waals surface area contributed by atoms with Crippen LogP contribution in [0.15, 0.2) is 30.6 Å². The van der Waals surface area contributed by atoms with Crippen LogP contribution in [0, 0.1) is 0 Å². The molecule has 1 amide bonds. The van der Waals surface area contributed by atoms with Crippen LogP contribution in [0.5, 0.6) is 0 Å². The smallest absolute Gasteiger partial charge is 0.270 e. The molecule has 0 unspecified atom stereocenters. The quantitative estimate of drug-likeness (QED) is 0.846. The van der Waals surface area contributed by atoms with Gasteiger partial charge in [-0.15, -0.1) is 0 Å². The predicted molar refractivity (Wildman–Crippen MR) is 59.0 cm³/mol. The van der Waals surface area contributed by atoms with Crippen LogP contribution in [-0.2, 0) is 6.54 Å². The lowest BCUT2D eigenvalue weighted by Gasteiger charge is -2.02. The SMILES string of the molecule is O=C(NCc1ccn[nH]1)c1ccc(Cl)cn1. The number of aromatic nitrogens is 3. The van der Waals surface area contributed by atoms with Crippen LogP contribution in [0.4, 0.5) is 0 Å². The van der Waals surface area contributed by atoms with Crippen molar-refractivity contribution in [3.05, 3.63) is 47.0 Å². The topological polar surface area (TPSA) is 70.7 Å². The highest BCUT2D eigenvalue weighted by Gasteiger charge is 2.06. The van der Waals surface area contributed by atoms with Crippen molar-refractivity contribution in [3.8, 4) is 0 Å². The summed E-state index contributed by atoms with van der Waals surface area (Å²) in [4.78, 5) is 15.5. The van der Waals surface area contributed by atoms with E-state index in [9.17, 15) is 4.79 Å². The summed E-state index contributed by atoms with van der Waals surface area (Å²) in [6.45, 7) is 0.392. The number of rotatable bonds is 3. The molecule has 0 aliphatic rings. The van der Waals surface area contributed by atoms with Gasteiger partial charge in [0.25, 0.3) is 5.91 Å². The number of aromatic amines is 1. The molecule has 16 heavy (non-hydrogen) atoms. The molecule has 0 bridgehead atoms. The molecule has 82 valence electrons. The average Bonchev–Trinajstić information content (AvgIpc) is 2.80. The number of amides is 1. The highest BCUT2D eigenvalue weighted by molar-refractivity contribution is 6.30. The maximum Gasteiger partial charge on any atom is 0.270 e. The van der Waals surface area contributed by atoms with Crippen LogP contribution in [-0.4, -0.2) is 21.1 Å². The molecule has 0 aliphatic carbocycles. The van der Waals surface area contributed by atoms with Gasteiger partial charge in [-0.1, -0.05) is 11.6 Å². The number of hydrogen-bond donors (Lipinski definition) is 2. The number of halogens is 1. The molecular formula is C10H9ClN4O. The van der Waals surface area contributed by atoms with Gasteiger partial charge < -0.3 is 5.32 Å². The fourth-order valence-electron chi connectivity index (χ4n) is 1.16. The molecule has 0 spiro atoms. The van der Waals surface area contributed by atoms with Gasteiger partial charge in [0.05, 0.1) is 17.3 Å². The molecule has 6 heteroatoms. The van der Waals surface area contributed by atoms with Crippen LogP contribution >= 0.6 is 11.6 Å². The van der Waals surface area contributed by atoms with Crippen LogP contribution in [0.25, 0.3) is 0 Å². The van der Waals surface area contributed by atoms with E-state index in [4.69, 9.17) is 11.6 Å². The van der Waals surface area contributed by atoms with Gasteiger partial charge in [-0.2, -0.15) is 5.10 Å². The summed E-state index contributed by atoms with van der Waals surface area (Å²) in [6, 6.07) is 4.99. The Labute approximate surface area is 96.8 Å². The summed E-state index contributed by atoms with van der Waals surface area (Å²) in [5.41, 5.74) is 1.17. The van der Waals surface area contributed by atoms with Crippen molar-refractivity contribution >= 4 is 17.5 Å². The van der Waals surface area contributed by atoms with E-state index < -0.39 is 0 Å². The number of carbonyl (C=O) groups excluding carboxylic acids is 1. The van der Waals surface area contributed by atoms with Crippen LogP contribution in [0.1, 0.15) is 16.2 Å². The third-order valence-electron chi connectivity index (χ3n) is 1.96. The van der Waals surface area contributed by atoms with Gasteiger partial charge in [0, 0.05) is 12.4 Å². The molecule has 0 saturated heterocycles. The summed E-state index contributed by atoms with van der Waals surface area (Å²) in [7, 11) is 0. The van der Waals surface area contributed by atoms with Crippen molar-refractivity contribution in [2.75, 3.05) is 0 Å². The van der Waals surface area contributed by atoms with Crippen molar-refractivity contribution in [1.82, 2.24) is 20.5 Å². The third-order valence-corrected chi connectivity index (χ3v) is 2.18. The fraction of sp³-hybridized carbons (Fsp3) is 0.100. The fourth-order valence-corrected chi connectivity index (χ4v) is 1.27. The molecule has 2 rings (SSSR count). The second-order valence-electron chi connectivity index (χ2n) is 3.13. The first-order chi connectivity index (χ1) is 7.75. The molecule has 2 aromatic heterocycles. The van der Waals surface area contributed by atoms with E-state index in [1.54, 1.807) is 24.4 Å². The van der Waals surface area contributed by atoms with Gasteiger partial charge in [0.2, 0.25) is 0 Å². The highest BCUT2D eigenvalue weighted by Crippen LogP contribution is 2.06. The van der Waals surface area contributed by atoms with Gasteiger partial charge in [-0.05, 0) is 18.2 Å². The standard InChI is InChI=1S/C10H9ClN4O/c11-7-1-2-9(12-5-7)10(16)13-6-8-3-4-14-15-8/h1-5H,6H2,(H,13,16)(H,14,15). The molecule has 5 nitrogen and oxygen atoms in total. The van der Waals surface area contributed by atoms with E-state index in [0.29, 0.717) is 17.3 Å². The Morgan fingerprint density at radius 1 is 1.44 bits per heavy atom. The zero-order chi connectivity index (χ0) is 11.4. The minimum atomic E-state index is -0.244. The summed E-state index contributed by atoms with van der Waals surface area (Å²) in [5, 5.41) is 9.73. The maximum absolute atomic E-state index is 11.6. The number of hydrogen-bond acceptors (Lipinski definition) is 3. The van der Waals surface area contributed by atoms with E-state index in [2.05, 4.69) is 20.5 Å². The van der Waals surface area contributed by atoms with E-state index in [-0.39, 0.29) is 5.91 Å². The predicted octanol–water partition coefficient (Wildman–Crippen LogP) is 1.39. The van der Waals surface area contributed by atoms with E-state index in [1.165, 1.54) is 6.20 Å². The van der Waals surface area contributed by atoms with Crippen molar-refractivity contribution in [1.29, 1.82) is 0 Å². The van der Waals surface area contributed by atoms with Crippen molar-refractivity contribution in [2.24, 2.45) is 0 Å². The third kappa shape index (κ3) is 2.58. The highest BCUT2D eigenvalue weighted by atomic mass is 35.5. The molecule has 2 aromatic rings. The van der Waals surface area contributed by atoms with Gasteiger partial charge in [0.15, 0.2) is 0 Å². The Hall–Kier alpha value is -1.88. The second-order valence-corrected chi connectivity index (χ2v) is 3.56. The number of carbonyl (C=O) groups is 1. The molecule has 0 radical (unpaired) electrons. The molecule has 0 saturated carbocycles. The minimum Gasteiger partial charge on any atom is -0.345 e. The summed E-state index contributed by atoms with van der Waals surface area (Å²) in [6.07, 6.45) is 3.06. The Morgan fingerprint density at radius 2 is 2.31 bits per heavy atom. The largest absolute Gasteiger partial charge is 0.345 e. The van der Waals surface area contributed by atoms with Gasteiger partial charge in [0.1, 0.15) is 5.69 Å². The number of nitrogens with zero attached hydrogens (tertiary/aromatic N) is 2. The van der Waals surface area contributed by atoms with Gasteiger partial charge in [-0.3, -0.25) is 9.89 Å². The van der Waals surface area contributed by atoms with Crippen LogP contribution in [0.3, 0.4) is 0 Å². The monoisotopic (exact) mass is 236 g/mol. The number of nitrogens with one attached hydrogen (secondary N) is 2. The molecule has 0 atom stereocenters. The summed E-state index contributed by atoms with van der Waals surface area (Å²) in [5.74, 6) is -0.244. The molecule has 0 fully saturated rings. The first-order valence-corrected chi connectivity index (χ1v) is 5.01. The molecule has 2 heterocycles. The first kappa shape index (κ1) is 10.6. The molecule has 0 aliphatic heterocycles. The lowest BCUT2D eigenvalue weighted by atomic mass is 10.3. The van der Waals surface area contributed by atoms with Crippen LogP contribution < -0.4 is 5.32 Å². The average molecular weight is 237 g/mol. The van der Waals surface area contributed by atoms with Crippen molar-refractivity contribution < 1.29 is 4.79 Å². The maximum atomic E-state index is 11.6. The number of pyridine rings is 1. The van der Waals surface area contributed by atoms with Crippen LogP contribution in [0.2, 0.25) is 5.02 Å². The minimum absolute atomic E-state index is 0.244. The normalized spacial score (nSPS) is 10.1. The van der Waals surface area contributed by atoms with Crippen molar-refractivity contribution in [2.45, 2.75) is 6.54 Å².